The van der Waals surface area contributed by atoms with E-state index in [4.69, 9.17) is 16.9 Å². The summed E-state index contributed by atoms with van der Waals surface area (Å²) >= 11 is 5.99. The van der Waals surface area contributed by atoms with Gasteiger partial charge in [-0.25, -0.2) is 0 Å². The Kier molecular flexibility index (Phi) is 4.30. The topological polar surface area (TPSA) is 52.9 Å². The Balaban J connectivity index is 2.24. The van der Waals surface area contributed by atoms with Crippen LogP contribution in [0.4, 0.5) is 5.69 Å². The molecular weight excluding hydrogens is 284 g/mol. The van der Waals surface area contributed by atoms with Crippen molar-refractivity contribution >= 4 is 23.2 Å². The van der Waals surface area contributed by atoms with Gasteiger partial charge < -0.3 is 5.32 Å². The van der Waals surface area contributed by atoms with Gasteiger partial charge >= 0.3 is 0 Å². The molecule has 0 aliphatic carbocycles. The molecule has 1 amide bonds. The molecule has 0 atom stereocenters. The van der Waals surface area contributed by atoms with Crippen LogP contribution in [-0.4, -0.2) is 5.91 Å². The molecule has 0 unspecified atom stereocenters. The maximum Gasteiger partial charge on any atom is 0.234 e. The third kappa shape index (κ3) is 3.42. The Labute approximate surface area is 129 Å². The van der Waals surface area contributed by atoms with Gasteiger partial charge in [0.2, 0.25) is 5.91 Å². The van der Waals surface area contributed by atoms with Crippen LogP contribution in [-0.2, 0) is 10.2 Å². The summed E-state index contributed by atoms with van der Waals surface area (Å²) in [6.07, 6.45) is 0. The highest BCUT2D eigenvalue weighted by atomic mass is 35.5. The second-order valence-corrected chi connectivity index (χ2v) is 5.72. The Morgan fingerprint density at radius 3 is 2.57 bits per heavy atom. The quantitative estimate of drug-likeness (QED) is 0.926. The number of nitrogens with one attached hydrogen (secondary N) is 1. The van der Waals surface area contributed by atoms with Crippen LogP contribution < -0.4 is 5.32 Å². The summed E-state index contributed by atoms with van der Waals surface area (Å²) in [7, 11) is 0. The van der Waals surface area contributed by atoms with Crippen LogP contribution in [0.3, 0.4) is 0 Å². The lowest BCUT2D eigenvalue weighted by Gasteiger charge is -2.24. The van der Waals surface area contributed by atoms with Crippen molar-refractivity contribution in [1.82, 2.24) is 0 Å². The third-order valence-electron chi connectivity index (χ3n) is 3.36. The number of halogens is 1. The van der Waals surface area contributed by atoms with E-state index in [2.05, 4.69) is 5.32 Å². The number of anilines is 1. The number of benzene rings is 2. The number of carbonyl (C=O) groups excluding carboxylic acids is 1. The minimum atomic E-state index is -0.729. The molecule has 106 valence electrons. The predicted molar refractivity (Wildman–Crippen MR) is 84.3 cm³/mol. The molecule has 0 bridgehead atoms. The van der Waals surface area contributed by atoms with E-state index in [1.165, 1.54) is 0 Å². The van der Waals surface area contributed by atoms with Crippen LogP contribution in [0.15, 0.2) is 48.5 Å². The maximum absolute atomic E-state index is 12.5. The van der Waals surface area contributed by atoms with Crippen LogP contribution in [0.25, 0.3) is 0 Å². The highest BCUT2D eigenvalue weighted by Crippen LogP contribution is 2.27. The Morgan fingerprint density at radius 2 is 1.90 bits per heavy atom. The maximum atomic E-state index is 12.5. The normalized spacial score (nSPS) is 10.8. The van der Waals surface area contributed by atoms with Crippen molar-refractivity contribution in [3.05, 3.63) is 64.7 Å². The average molecular weight is 299 g/mol. The summed E-state index contributed by atoms with van der Waals surface area (Å²) in [6.45, 7) is 3.67. The molecule has 0 saturated carbocycles. The molecule has 0 saturated heterocycles. The van der Waals surface area contributed by atoms with Gasteiger partial charge in [-0.2, -0.15) is 5.26 Å². The van der Waals surface area contributed by atoms with E-state index in [1.54, 1.807) is 36.4 Å². The number of carbonyl (C=O) groups is 1. The van der Waals surface area contributed by atoms with Gasteiger partial charge in [-0.3, -0.25) is 4.79 Å². The molecule has 1 N–H and O–H groups in total. The lowest BCUT2D eigenvalue weighted by Crippen LogP contribution is -2.34. The van der Waals surface area contributed by atoms with E-state index in [-0.39, 0.29) is 5.91 Å². The summed E-state index contributed by atoms with van der Waals surface area (Å²) < 4.78 is 0. The van der Waals surface area contributed by atoms with Crippen LogP contribution in [0.1, 0.15) is 25.0 Å². The van der Waals surface area contributed by atoms with Gasteiger partial charge in [-0.15, -0.1) is 0 Å². The molecule has 0 aromatic heterocycles. The molecule has 2 rings (SSSR count). The van der Waals surface area contributed by atoms with Crippen molar-refractivity contribution in [2.24, 2.45) is 0 Å². The lowest BCUT2D eigenvalue weighted by molar-refractivity contribution is -0.120. The lowest BCUT2D eigenvalue weighted by atomic mass is 9.83. The first kappa shape index (κ1) is 15.1. The molecule has 0 aliphatic heterocycles. The fourth-order valence-electron chi connectivity index (χ4n) is 1.96. The monoisotopic (exact) mass is 298 g/mol. The zero-order chi connectivity index (χ0) is 15.5. The van der Waals surface area contributed by atoms with Gasteiger partial charge in [0.15, 0.2) is 0 Å². The van der Waals surface area contributed by atoms with Gasteiger partial charge in [0.1, 0.15) is 0 Å². The van der Waals surface area contributed by atoms with Crippen LogP contribution >= 0.6 is 11.6 Å². The smallest absolute Gasteiger partial charge is 0.234 e. The standard InChI is InChI=1S/C17H15ClN2O/c1-17(2,13-6-4-7-14(18)10-13)16(21)20-15-8-3-5-12(9-15)11-19/h3-10H,1-2H3,(H,20,21). The third-order valence-corrected chi connectivity index (χ3v) is 3.60. The zero-order valence-electron chi connectivity index (χ0n) is 11.9. The fourth-order valence-corrected chi connectivity index (χ4v) is 2.15. The minimum Gasteiger partial charge on any atom is -0.325 e. The van der Waals surface area contributed by atoms with E-state index in [9.17, 15) is 4.79 Å². The first-order chi connectivity index (χ1) is 9.93. The van der Waals surface area contributed by atoms with Crippen molar-refractivity contribution in [3.8, 4) is 6.07 Å². The SMILES string of the molecule is CC(C)(C(=O)Nc1cccc(C#N)c1)c1cccc(Cl)c1. The Hall–Kier alpha value is -2.31. The van der Waals surface area contributed by atoms with Crippen molar-refractivity contribution < 1.29 is 4.79 Å². The molecular formula is C17H15ClN2O. The van der Waals surface area contributed by atoms with Crippen molar-refractivity contribution in [3.63, 3.8) is 0 Å². The number of amides is 1. The van der Waals surface area contributed by atoms with E-state index >= 15 is 0 Å². The van der Waals surface area contributed by atoms with Crippen LogP contribution in [0, 0.1) is 11.3 Å². The van der Waals surface area contributed by atoms with Gasteiger partial charge in [0.25, 0.3) is 0 Å². The Bertz CT molecular complexity index is 717. The van der Waals surface area contributed by atoms with E-state index in [0.717, 1.165) is 5.56 Å². The van der Waals surface area contributed by atoms with Gasteiger partial charge in [-0.1, -0.05) is 29.8 Å². The molecule has 0 radical (unpaired) electrons. The van der Waals surface area contributed by atoms with Crippen molar-refractivity contribution in [1.29, 1.82) is 5.26 Å². The Morgan fingerprint density at radius 1 is 1.19 bits per heavy atom. The van der Waals surface area contributed by atoms with E-state index in [1.807, 2.05) is 32.0 Å². The molecule has 4 heteroatoms. The average Bonchev–Trinajstić information content (AvgIpc) is 2.47. The summed E-state index contributed by atoms with van der Waals surface area (Å²) in [4.78, 5) is 12.5. The number of nitrogens with zero attached hydrogens (tertiary/aromatic N) is 1. The van der Waals surface area contributed by atoms with E-state index < -0.39 is 5.41 Å². The second-order valence-electron chi connectivity index (χ2n) is 5.28. The summed E-state index contributed by atoms with van der Waals surface area (Å²) in [6, 6.07) is 16.1. The number of rotatable bonds is 3. The van der Waals surface area contributed by atoms with Crippen LogP contribution in [0.5, 0.6) is 0 Å². The molecule has 21 heavy (non-hydrogen) atoms. The first-order valence-corrected chi connectivity index (χ1v) is 6.89. The summed E-state index contributed by atoms with van der Waals surface area (Å²) in [5.41, 5.74) is 1.22. The summed E-state index contributed by atoms with van der Waals surface area (Å²) in [5, 5.41) is 12.3. The molecule has 0 heterocycles. The van der Waals surface area contributed by atoms with Gasteiger partial charge in [-0.05, 0) is 49.7 Å². The zero-order valence-corrected chi connectivity index (χ0v) is 12.6. The van der Waals surface area contributed by atoms with Gasteiger partial charge in [0.05, 0.1) is 17.0 Å². The molecule has 2 aromatic rings. The minimum absolute atomic E-state index is 0.153. The highest BCUT2D eigenvalue weighted by Gasteiger charge is 2.30. The molecule has 0 aliphatic rings. The predicted octanol–water partition coefficient (Wildman–Crippen LogP) is 4.13. The number of hydrogen-bond acceptors (Lipinski definition) is 2. The molecule has 2 aromatic carbocycles. The summed E-state index contributed by atoms with van der Waals surface area (Å²) in [5.74, 6) is -0.153. The molecule has 3 nitrogen and oxygen atoms in total. The number of nitriles is 1. The largest absolute Gasteiger partial charge is 0.325 e. The van der Waals surface area contributed by atoms with Gasteiger partial charge in [0, 0.05) is 10.7 Å². The first-order valence-electron chi connectivity index (χ1n) is 6.51. The molecule has 0 spiro atoms. The van der Waals surface area contributed by atoms with Crippen molar-refractivity contribution in [2.75, 3.05) is 5.32 Å². The van der Waals surface area contributed by atoms with Crippen LogP contribution in [0.2, 0.25) is 5.02 Å². The molecule has 0 fully saturated rings. The van der Waals surface area contributed by atoms with E-state index in [0.29, 0.717) is 16.3 Å². The fraction of sp³-hybridized carbons (Fsp3) is 0.176. The van der Waals surface area contributed by atoms with Crippen molar-refractivity contribution in [2.45, 2.75) is 19.3 Å². The number of hydrogen-bond donors (Lipinski definition) is 1. The highest BCUT2D eigenvalue weighted by molar-refractivity contribution is 6.30. The second kappa shape index (κ2) is 5.99.